The molecular weight excluding hydrogens is 200 g/mol. The highest BCUT2D eigenvalue weighted by Crippen LogP contribution is 2.49. The number of methoxy groups -OCH3 is 1. The number of benzene rings is 1. The number of rotatable bonds is 4. The Kier molecular flexibility index (Phi) is 2.37. The molecule has 1 aliphatic heterocycles. The minimum atomic E-state index is 0.194. The average Bonchev–Trinajstić information content (AvgIpc) is 3.05. The number of nitrogens with one attached hydrogen (secondary N) is 2. The second kappa shape index (κ2) is 3.75. The van der Waals surface area contributed by atoms with Crippen LogP contribution in [0, 0.1) is 0 Å². The van der Waals surface area contributed by atoms with Gasteiger partial charge in [0.15, 0.2) is 0 Å². The van der Waals surface area contributed by atoms with E-state index in [0.29, 0.717) is 6.04 Å². The van der Waals surface area contributed by atoms with Crippen LogP contribution in [0.1, 0.15) is 18.4 Å². The molecule has 1 aliphatic carbocycles. The highest BCUT2D eigenvalue weighted by atomic mass is 16.5. The lowest BCUT2D eigenvalue weighted by Crippen LogP contribution is -2.58. The van der Waals surface area contributed by atoms with Crippen molar-refractivity contribution in [2.75, 3.05) is 20.2 Å². The SMILES string of the molecule is COc1ccccc1C1(NC2CNC2)CC1. The van der Waals surface area contributed by atoms with Gasteiger partial charge in [-0.05, 0) is 18.9 Å². The van der Waals surface area contributed by atoms with E-state index in [9.17, 15) is 0 Å². The zero-order valence-corrected chi connectivity index (χ0v) is 9.62. The van der Waals surface area contributed by atoms with Crippen molar-refractivity contribution < 1.29 is 4.74 Å². The summed E-state index contributed by atoms with van der Waals surface area (Å²) in [5.41, 5.74) is 1.52. The molecule has 2 N–H and O–H groups in total. The Hall–Kier alpha value is -1.06. The van der Waals surface area contributed by atoms with Crippen LogP contribution in [0.3, 0.4) is 0 Å². The molecule has 0 spiro atoms. The lowest BCUT2D eigenvalue weighted by atomic mass is 10.0. The van der Waals surface area contributed by atoms with E-state index in [1.165, 1.54) is 18.4 Å². The largest absolute Gasteiger partial charge is 0.496 e. The normalized spacial score (nSPS) is 22.6. The predicted octanol–water partition coefficient (Wildman–Crippen LogP) is 1.25. The van der Waals surface area contributed by atoms with Gasteiger partial charge in [0.25, 0.3) is 0 Å². The summed E-state index contributed by atoms with van der Waals surface area (Å²) in [4.78, 5) is 0. The fourth-order valence-corrected chi connectivity index (χ4v) is 2.44. The van der Waals surface area contributed by atoms with Crippen molar-refractivity contribution in [2.45, 2.75) is 24.4 Å². The molecule has 0 aromatic heterocycles. The van der Waals surface area contributed by atoms with E-state index >= 15 is 0 Å². The molecule has 1 aromatic rings. The summed E-state index contributed by atoms with van der Waals surface area (Å²) in [6, 6.07) is 9.00. The van der Waals surface area contributed by atoms with Gasteiger partial charge in [0, 0.05) is 30.2 Å². The van der Waals surface area contributed by atoms with Gasteiger partial charge in [0.05, 0.1) is 7.11 Å². The number of para-hydroxylation sites is 1. The molecule has 16 heavy (non-hydrogen) atoms. The van der Waals surface area contributed by atoms with E-state index in [1.54, 1.807) is 7.11 Å². The first-order valence-corrected chi connectivity index (χ1v) is 5.96. The molecule has 0 atom stereocenters. The monoisotopic (exact) mass is 218 g/mol. The molecule has 1 saturated carbocycles. The summed E-state index contributed by atoms with van der Waals surface area (Å²) in [5, 5.41) is 7.05. The molecule has 0 unspecified atom stereocenters. The molecule has 3 nitrogen and oxygen atoms in total. The van der Waals surface area contributed by atoms with Crippen LogP contribution in [0.5, 0.6) is 5.75 Å². The Morgan fingerprint density at radius 3 is 2.62 bits per heavy atom. The topological polar surface area (TPSA) is 33.3 Å². The van der Waals surface area contributed by atoms with Crippen molar-refractivity contribution in [3.8, 4) is 5.75 Å². The number of hydrogen-bond donors (Lipinski definition) is 2. The molecule has 0 radical (unpaired) electrons. The first-order valence-electron chi connectivity index (χ1n) is 5.96. The maximum atomic E-state index is 5.45. The zero-order chi connectivity index (χ0) is 11.0. The van der Waals surface area contributed by atoms with Crippen LogP contribution in [0.25, 0.3) is 0 Å². The molecule has 0 amide bonds. The minimum Gasteiger partial charge on any atom is -0.496 e. The van der Waals surface area contributed by atoms with Crippen molar-refractivity contribution in [2.24, 2.45) is 0 Å². The lowest BCUT2D eigenvalue weighted by Gasteiger charge is -2.33. The minimum absolute atomic E-state index is 0.194. The van der Waals surface area contributed by atoms with Crippen molar-refractivity contribution in [1.82, 2.24) is 10.6 Å². The van der Waals surface area contributed by atoms with Crippen LogP contribution in [0.15, 0.2) is 24.3 Å². The van der Waals surface area contributed by atoms with Gasteiger partial charge in [-0.1, -0.05) is 18.2 Å². The van der Waals surface area contributed by atoms with Crippen molar-refractivity contribution >= 4 is 0 Å². The molecule has 3 heteroatoms. The van der Waals surface area contributed by atoms with Crippen LogP contribution >= 0.6 is 0 Å². The van der Waals surface area contributed by atoms with E-state index in [-0.39, 0.29) is 5.54 Å². The molecule has 86 valence electrons. The molecular formula is C13H18N2O. The molecule has 3 rings (SSSR count). The van der Waals surface area contributed by atoms with Gasteiger partial charge in [0.1, 0.15) is 5.75 Å². The maximum Gasteiger partial charge on any atom is 0.123 e. The smallest absolute Gasteiger partial charge is 0.123 e. The standard InChI is InChI=1S/C13H18N2O/c1-16-12-5-3-2-4-11(12)13(6-7-13)15-10-8-14-9-10/h2-5,10,14-15H,6-9H2,1H3. The fraction of sp³-hybridized carbons (Fsp3) is 0.538. The molecule has 0 bridgehead atoms. The van der Waals surface area contributed by atoms with Gasteiger partial charge in [-0.3, -0.25) is 0 Å². The lowest BCUT2D eigenvalue weighted by molar-refractivity contribution is 0.311. The van der Waals surface area contributed by atoms with E-state index in [0.717, 1.165) is 18.8 Å². The summed E-state index contributed by atoms with van der Waals surface area (Å²) in [6.07, 6.45) is 2.45. The Morgan fingerprint density at radius 1 is 1.31 bits per heavy atom. The summed E-state index contributed by atoms with van der Waals surface area (Å²) in [6.45, 7) is 2.19. The van der Waals surface area contributed by atoms with Gasteiger partial charge in [-0.25, -0.2) is 0 Å². The van der Waals surface area contributed by atoms with Crippen LogP contribution in [0.4, 0.5) is 0 Å². The fourth-order valence-electron chi connectivity index (χ4n) is 2.44. The number of ether oxygens (including phenoxy) is 1. The van der Waals surface area contributed by atoms with Crippen molar-refractivity contribution in [3.05, 3.63) is 29.8 Å². The second-order valence-electron chi connectivity index (χ2n) is 4.78. The molecule has 2 aliphatic rings. The van der Waals surface area contributed by atoms with Crippen molar-refractivity contribution in [1.29, 1.82) is 0 Å². The predicted molar refractivity (Wildman–Crippen MR) is 63.7 cm³/mol. The third kappa shape index (κ3) is 1.60. The van der Waals surface area contributed by atoms with Crippen LogP contribution in [-0.4, -0.2) is 26.2 Å². The summed E-state index contributed by atoms with van der Waals surface area (Å²) in [5.74, 6) is 1.01. The number of hydrogen-bond acceptors (Lipinski definition) is 3. The Morgan fingerprint density at radius 2 is 2.06 bits per heavy atom. The first kappa shape index (κ1) is 10.1. The zero-order valence-electron chi connectivity index (χ0n) is 9.62. The molecule has 1 saturated heterocycles. The van der Waals surface area contributed by atoms with Gasteiger partial charge < -0.3 is 15.4 Å². The van der Waals surface area contributed by atoms with Gasteiger partial charge in [-0.15, -0.1) is 0 Å². The molecule has 1 aromatic carbocycles. The van der Waals surface area contributed by atoms with Crippen LogP contribution in [-0.2, 0) is 5.54 Å². The molecule has 2 fully saturated rings. The first-order chi connectivity index (χ1) is 7.84. The van der Waals surface area contributed by atoms with E-state index in [2.05, 4.69) is 28.8 Å². The Labute approximate surface area is 96.2 Å². The summed E-state index contributed by atoms with van der Waals surface area (Å²) in [7, 11) is 1.75. The third-order valence-corrected chi connectivity index (χ3v) is 3.63. The van der Waals surface area contributed by atoms with Crippen molar-refractivity contribution in [3.63, 3.8) is 0 Å². The summed E-state index contributed by atoms with van der Waals surface area (Å²) < 4.78 is 5.45. The quantitative estimate of drug-likeness (QED) is 0.798. The Balaban J connectivity index is 1.84. The molecule has 1 heterocycles. The third-order valence-electron chi connectivity index (χ3n) is 3.63. The van der Waals surface area contributed by atoms with Gasteiger partial charge in [-0.2, -0.15) is 0 Å². The Bertz CT molecular complexity index is 383. The van der Waals surface area contributed by atoms with Crippen LogP contribution in [0.2, 0.25) is 0 Å². The van der Waals surface area contributed by atoms with Crippen LogP contribution < -0.4 is 15.4 Å². The van der Waals surface area contributed by atoms with E-state index < -0.39 is 0 Å². The maximum absolute atomic E-state index is 5.45. The van der Waals surface area contributed by atoms with E-state index in [4.69, 9.17) is 4.74 Å². The summed E-state index contributed by atoms with van der Waals surface area (Å²) >= 11 is 0. The highest BCUT2D eigenvalue weighted by molar-refractivity contribution is 5.42. The highest BCUT2D eigenvalue weighted by Gasteiger charge is 2.47. The van der Waals surface area contributed by atoms with E-state index in [1.807, 2.05) is 6.07 Å². The average molecular weight is 218 g/mol. The second-order valence-corrected chi connectivity index (χ2v) is 4.78. The van der Waals surface area contributed by atoms with Gasteiger partial charge >= 0.3 is 0 Å². The van der Waals surface area contributed by atoms with Gasteiger partial charge in [0.2, 0.25) is 0 Å².